The van der Waals surface area contributed by atoms with E-state index >= 15 is 0 Å². The van der Waals surface area contributed by atoms with Crippen molar-refractivity contribution in [1.82, 2.24) is 19.8 Å². The number of carbonyl (C=O) groups excluding carboxylic acids is 1. The molecule has 1 aromatic carbocycles. The fourth-order valence-corrected chi connectivity index (χ4v) is 6.18. The molecule has 182 valence electrons. The van der Waals surface area contributed by atoms with Gasteiger partial charge in [-0.2, -0.15) is 0 Å². The lowest BCUT2D eigenvalue weighted by Crippen LogP contribution is -2.65. The van der Waals surface area contributed by atoms with Crippen molar-refractivity contribution in [1.29, 1.82) is 0 Å². The number of hydrogen-bond donors (Lipinski definition) is 0. The predicted molar refractivity (Wildman–Crippen MR) is 131 cm³/mol. The number of ether oxygens (including phenoxy) is 1. The average Bonchev–Trinajstić information content (AvgIpc) is 2.76. The van der Waals surface area contributed by atoms with Gasteiger partial charge in [0.2, 0.25) is 5.95 Å². The van der Waals surface area contributed by atoms with Crippen molar-refractivity contribution in [2.75, 3.05) is 37.3 Å². The molecule has 1 amide bonds. The molecule has 1 aliphatic carbocycles. The van der Waals surface area contributed by atoms with Gasteiger partial charge in [-0.25, -0.2) is 14.8 Å². The second-order valence-electron chi connectivity index (χ2n) is 10.2. The van der Waals surface area contributed by atoms with E-state index in [1.807, 2.05) is 18.7 Å². The molecule has 5 rings (SSSR count). The molecule has 2 aliphatic heterocycles. The standard InChI is InChI=1S/C25H33N5O3S/c1-18-13-29(23-26-11-22(12-27-23)34(3)32)14-19(2)30(18)24(31)33-21-9-25(10-21)16-28(17-25)15-20-7-5-4-6-8-20/h4-8,11-12,18-19,21H,9-10,13-17H2,1-3H3/t18-,19+,34?. The van der Waals surface area contributed by atoms with Gasteiger partial charge < -0.3 is 9.64 Å². The third kappa shape index (κ3) is 4.68. The highest BCUT2D eigenvalue weighted by molar-refractivity contribution is 7.84. The van der Waals surface area contributed by atoms with Crippen molar-refractivity contribution >= 4 is 22.8 Å². The normalized spacial score (nSPS) is 25.5. The summed E-state index contributed by atoms with van der Waals surface area (Å²) in [5.41, 5.74) is 1.69. The Balaban J connectivity index is 1.09. The van der Waals surface area contributed by atoms with Crippen LogP contribution in [0.25, 0.3) is 0 Å². The summed E-state index contributed by atoms with van der Waals surface area (Å²) < 4.78 is 17.5. The minimum atomic E-state index is -1.10. The zero-order valence-corrected chi connectivity index (χ0v) is 20.9. The first-order valence-electron chi connectivity index (χ1n) is 12.0. The SMILES string of the molecule is C[C@@H]1CN(c2ncc(S(C)=O)cn2)C[C@H](C)N1C(=O)OC1CC2(C1)CN(Cc1ccccc1)C2. The van der Waals surface area contributed by atoms with Crippen LogP contribution < -0.4 is 4.90 Å². The molecule has 3 aliphatic rings. The summed E-state index contributed by atoms with van der Waals surface area (Å²) in [6.07, 6.45) is 6.58. The Morgan fingerprint density at radius 3 is 2.29 bits per heavy atom. The van der Waals surface area contributed by atoms with E-state index in [-0.39, 0.29) is 24.3 Å². The third-order valence-corrected chi connectivity index (χ3v) is 8.19. The summed E-state index contributed by atoms with van der Waals surface area (Å²) in [6.45, 7) is 8.52. The number of anilines is 1. The van der Waals surface area contributed by atoms with Crippen LogP contribution in [0.4, 0.5) is 10.7 Å². The number of rotatable bonds is 5. The van der Waals surface area contributed by atoms with E-state index in [1.165, 1.54) is 5.56 Å². The molecule has 8 nitrogen and oxygen atoms in total. The largest absolute Gasteiger partial charge is 0.446 e. The summed E-state index contributed by atoms with van der Waals surface area (Å²) in [6, 6.07) is 10.5. The average molecular weight is 484 g/mol. The minimum absolute atomic E-state index is 0.0149. The molecule has 2 aromatic rings. The molecule has 3 atom stereocenters. The quantitative estimate of drug-likeness (QED) is 0.647. The Kier molecular flexibility index (Phi) is 6.33. The van der Waals surface area contributed by atoms with E-state index in [9.17, 15) is 9.00 Å². The maximum Gasteiger partial charge on any atom is 0.410 e. The van der Waals surface area contributed by atoms with E-state index in [2.05, 4.69) is 50.1 Å². The highest BCUT2D eigenvalue weighted by Gasteiger charge is 2.54. The monoisotopic (exact) mass is 483 g/mol. The van der Waals surface area contributed by atoms with E-state index in [0.717, 1.165) is 32.5 Å². The van der Waals surface area contributed by atoms with E-state index < -0.39 is 10.8 Å². The van der Waals surface area contributed by atoms with Gasteiger partial charge in [0.15, 0.2) is 0 Å². The van der Waals surface area contributed by atoms with Crippen LogP contribution in [-0.2, 0) is 22.1 Å². The van der Waals surface area contributed by atoms with E-state index in [1.54, 1.807) is 18.6 Å². The Morgan fingerprint density at radius 2 is 1.71 bits per heavy atom. The lowest BCUT2D eigenvalue weighted by atomic mass is 9.61. The number of amides is 1. The summed E-state index contributed by atoms with van der Waals surface area (Å²) in [5.74, 6) is 0.604. The van der Waals surface area contributed by atoms with Crippen LogP contribution in [0.15, 0.2) is 47.6 Å². The Hall–Kier alpha value is -2.52. The molecule has 9 heteroatoms. The van der Waals surface area contributed by atoms with Crippen LogP contribution >= 0.6 is 0 Å². The molecule has 0 N–H and O–H groups in total. The van der Waals surface area contributed by atoms with Gasteiger partial charge in [-0.15, -0.1) is 0 Å². The molecule has 1 saturated carbocycles. The van der Waals surface area contributed by atoms with Crippen LogP contribution in [0.1, 0.15) is 32.3 Å². The van der Waals surface area contributed by atoms with Crippen LogP contribution in [0.5, 0.6) is 0 Å². The van der Waals surface area contributed by atoms with Gasteiger partial charge in [-0.3, -0.25) is 14.0 Å². The highest BCUT2D eigenvalue weighted by atomic mass is 32.2. The number of benzene rings is 1. The molecular weight excluding hydrogens is 450 g/mol. The van der Waals surface area contributed by atoms with Gasteiger partial charge in [0, 0.05) is 56.8 Å². The van der Waals surface area contributed by atoms with Crippen molar-refractivity contribution in [3.63, 3.8) is 0 Å². The summed E-state index contributed by atoms with van der Waals surface area (Å²) in [4.78, 5) is 28.8. The number of piperazine rings is 1. The first-order valence-corrected chi connectivity index (χ1v) is 13.5. The van der Waals surface area contributed by atoms with Crippen LogP contribution in [-0.4, -0.2) is 80.7 Å². The van der Waals surface area contributed by atoms with Gasteiger partial charge in [0.05, 0.1) is 27.8 Å². The van der Waals surface area contributed by atoms with Crippen molar-refractivity contribution in [2.24, 2.45) is 5.41 Å². The molecular formula is C25H33N5O3S. The predicted octanol–water partition coefficient (Wildman–Crippen LogP) is 2.91. The molecule has 1 aromatic heterocycles. The third-order valence-electron chi connectivity index (χ3n) is 7.31. The number of nitrogens with zero attached hydrogens (tertiary/aromatic N) is 5. The molecule has 0 bridgehead atoms. The molecule has 1 unspecified atom stereocenters. The first kappa shape index (κ1) is 23.2. The maximum atomic E-state index is 13.0. The van der Waals surface area contributed by atoms with Crippen molar-refractivity contribution < 1.29 is 13.7 Å². The van der Waals surface area contributed by atoms with Crippen molar-refractivity contribution in [2.45, 2.75) is 56.3 Å². The molecule has 3 heterocycles. The zero-order valence-electron chi connectivity index (χ0n) is 20.1. The lowest BCUT2D eigenvalue weighted by molar-refractivity contribution is -0.137. The summed E-state index contributed by atoms with van der Waals surface area (Å²) >= 11 is 0. The van der Waals surface area contributed by atoms with Gasteiger partial charge in [0.25, 0.3) is 0 Å². The van der Waals surface area contributed by atoms with Crippen LogP contribution in [0, 0.1) is 5.41 Å². The fourth-order valence-electron chi connectivity index (χ4n) is 5.77. The van der Waals surface area contributed by atoms with Crippen molar-refractivity contribution in [3.8, 4) is 0 Å². The van der Waals surface area contributed by atoms with Gasteiger partial charge in [0.1, 0.15) is 6.10 Å². The Labute approximate surface area is 203 Å². The number of hydrogen-bond acceptors (Lipinski definition) is 7. The van der Waals surface area contributed by atoms with Gasteiger partial charge >= 0.3 is 6.09 Å². The van der Waals surface area contributed by atoms with Crippen LogP contribution in [0.3, 0.4) is 0 Å². The molecule has 0 radical (unpaired) electrons. The highest BCUT2D eigenvalue weighted by Crippen LogP contribution is 2.50. The fraction of sp³-hybridized carbons (Fsp3) is 0.560. The topological polar surface area (TPSA) is 78.9 Å². The number of aromatic nitrogens is 2. The lowest BCUT2D eigenvalue weighted by Gasteiger charge is -2.58. The first-order chi connectivity index (χ1) is 16.3. The second kappa shape index (κ2) is 9.26. The summed E-state index contributed by atoms with van der Waals surface area (Å²) in [5, 5.41) is 0. The van der Waals surface area contributed by atoms with Crippen molar-refractivity contribution in [3.05, 3.63) is 48.3 Å². The molecule has 3 fully saturated rings. The second-order valence-corrected chi connectivity index (χ2v) is 11.6. The minimum Gasteiger partial charge on any atom is -0.446 e. The van der Waals surface area contributed by atoms with Gasteiger partial charge in [-0.05, 0) is 32.3 Å². The number of carbonyl (C=O) groups is 1. The molecule has 1 spiro atoms. The Bertz CT molecular complexity index is 1020. The maximum absolute atomic E-state index is 13.0. The molecule has 34 heavy (non-hydrogen) atoms. The zero-order chi connectivity index (χ0) is 23.9. The smallest absolute Gasteiger partial charge is 0.410 e. The number of likely N-dealkylation sites (tertiary alicyclic amines) is 1. The summed E-state index contributed by atoms with van der Waals surface area (Å²) in [7, 11) is -1.10. The van der Waals surface area contributed by atoms with Gasteiger partial charge in [-0.1, -0.05) is 30.3 Å². The molecule has 2 saturated heterocycles. The Morgan fingerprint density at radius 1 is 1.09 bits per heavy atom. The van der Waals surface area contributed by atoms with E-state index in [4.69, 9.17) is 4.74 Å². The van der Waals surface area contributed by atoms with Crippen LogP contribution in [0.2, 0.25) is 0 Å². The van der Waals surface area contributed by atoms with E-state index in [0.29, 0.717) is 29.3 Å².